The van der Waals surface area contributed by atoms with Crippen LogP contribution in [0.3, 0.4) is 0 Å². The van der Waals surface area contributed by atoms with Crippen LogP contribution in [0.4, 0.5) is 0 Å². The lowest BCUT2D eigenvalue weighted by Crippen LogP contribution is -2.50. The van der Waals surface area contributed by atoms with Crippen LogP contribution in [0.2, 0.25) is 0 Å². The molecule has 0 aromatic carbocycles. The third-order valence-electron chi connectivity index (χ3n) is 6.86. The fourth-order valence-electron chi connectivity index (χ4n) is 5.70. The summed E-state index contributed by atoms with van der Waals surface area (Å²) in [4.78, 5) is 28.3. The van der Waals surface area contributed by atoms with E-state index in [9.17, 15) is 9.59 Å². The van der Waals surface area contributed by atoms with Crippen molar-refractivity contribution in [1.29, 1.82) is 0 Å². The molecule has 3 aliphatic heterocycles. The Morgan fingerprint density at radius 2 is 1.43 bits per heavy atom. The van der Waals surface area contributed by atoms with Gasteiger partial charge in [-0.05, 0) is 6.42 Å². The van der Waals surface area contributed by atoms with E-state index in [2.05, 4.69) is 0 Å². The molecule has 2 amide bonds. The molecule has 11 heteroatoms. The monoisotopic (exact) mass is 507 g/mol. The third kappa shape index (κ3) is 1.90. The first-order valence-corrected chi connectivity index (χ1v) is 11.3. The highest BCUT2D eigenvalue weighted by Crippen LogP contribution is 2.81. The third-order valence-corrected chi connectivity index (χ3v) is 11.1. The van der Waals surface area contributed by atoms with Gasteiger partial charge in [-0.25, -0.2) is 0 Å². The molecule has 4 bridgehead atoms. The first-order valence-electron chi connectivity index (χ1n) is 9.04. The number of carbonyl (C=O) groups excluding carboxylic acids is 2. The number of fused-ring (bicyclic) bond motifs is 12. The van der Waals surface area contributed by atoms with Crippen LogP contribution in [0.15, 0.2) is 10.1 Å². The van der Waals surface area contributed by atoms with E-state index < -0.39 is 61.8 Å². The highest BCUT2D eigenvalue weighted by molar-refractivity contribution is 6.65. The second-order valence-electron chi connectivity index (χ2n) is 7.95. The average molecular weight is 510 g/mol. The van der Waals surface area contributed by atoms with Gasteiger partial charge in [0.25, 0.3) is 11.8 Å². The summed E-state index contributed by atoms with van der Waals surface area (Å²) < 4.78 is 4.35. The van der Waals surface area contributed by atoms with Crippen LogP contribution in [0.5, 0.6) is 0 Å². The zero-order valence-electron chi connectivity index (χ0n) is 14.4. The molecule has 0 radical (unpaired) electrons. The van der Waals surface area contributed by atoms with E-state index in [4.69, 9.17) is 79.2 Å². The summed E-state index contributed by atoms with van der Waals surface area (Å²) in [5, 5.41) is 0.999. The van der Waals surface area contributed by atoms with Crippen molar-refractivity contribution in [3.63, 3.8) is 0 Å². The Hall–Kier alpha value is 0.540. The molecule has 0 spiro atoms. The second kappa shape index (κ2) is 6.07. The van der Waals surface area contributed by atoms with Gasteiger partial charge in [0, 0.05) is 11.8 Å². The van der Waals surface area contributed by atoms with Gasteiger partial charge in [-0.3, -0.25) is 14.4 Å². The van der Waals surface area contributed by atoms with E-state index in [1.54, 1.807) is 0 Å². The maximum Gasteiger partial charge on any atom is 0.260 e. The Balaban J connectivity index is 1.55. The number of carbonyl (C=O) groups is 2. The lowest BCUT2D eigenvalue weighted by molar-refractivity contribution is -0.192. The van der Waals surface area contributed by atoms with Crippen LogP contribution >= 0.6 is 69.6 Å². The van der Waals surface area contributed by atoms with Crippen molar-refractivity contribution in [2.75, 3.05) is 6.61 Å². The highest BCUT2D eigenvalue weighted by Gasteiger charge is 2.90. The summed E-state index contributed by atoms with van der Waals surface area (Å²) in [5.74, 6) is -3.47. The quantitative estimate of drug-likeness (QED) is 0.324. The average Bonchev–Trinajstić information content (AvgIpc) is 3.34. The van der Waals surface area contributed by atoms with Crippen molar-refractivity contribution < 1.29 is 19.2 Å². The van der Waals surface area contributed by atoms with Gasteiger partial charge in [0.1, 0.15) is 9.75 Å². The van der Waals surface area contributed by atoms with Gasteiger partial charge in [0.2, 0.25) is 0 Å². The van der Waals surface area contributed by atoms with E-state index in [1.165, 1.54) is 0 Å². The van der Waals surface area contributed by atoms with E-state index in [-0.39, 0.29) is 16.7 Å². The predicted octanol–water partition coefficient (Wildman–Crippen LogP) is 4.18. The van der Waals surface area contributed by atoms with E-state index in [0.717, 1.165) is 17.9 Å². The van der Waals surface area contributed by atoms with Gasteiger partial charge < -0.3 is 4.74 Å². The minimum Gasteiger partial charge on any atom is -0.373 e. The number of imide groups is 1. The summed E-state index contributed by atoms with van der Waals surface area (Å²) in [7, 11) is 0. The summed E-state index contributed by atoms with van der Waals surface area (Å²) in [6, 6.07) is 0. The number of alkyl halides is 4. The maximum atomic E-state index is 13.0. The molecule has 0 N–H and O–H groups in total. The number of allylic oxidation sites excluding steroid dienone is 2. The zero-order chi connectivity index (χ0) is 20.4. The Morgan fingerprint density at radius 1 is 0.964 bits per heavy atom. The van der Waals surface area contributed by atoms with E-state index in [0.29, 0.717) is 0 Å². The Morgan fingerprint density at radius 3 is 1.86 bits per heavy atom. The SMILES string of the molecule is CCCCON1C(=O)[C@@H]2[C@H]3O[C@H](C4[C@H]3[C@@]3(Cl)C(Cl)=C(Cl)[C@]4(Cl)C3(Cl)Cl)[C@@H]2C1=O. The molecule has 28 heavy (non-hydrogen) atoms. The fourth-order valence-corrected chi connectivity index (χ4v) is 8.76. The minimum atomic E-state index is -1.71. The van der Waals surface area contributed by atoms with Crippen LogP contribution in [0, 0.1) is 23.7 Å². The molecule has 3 heterocycles. The number of amides is 2. The molecule has 2 aliphatic carbocycles. The molecule has 1 unspecified atom stereocenters. The van der Waals surface area contributed by atoms with Crippen LogP contribution in [-0.2, 0) is 19.2 Å². The molecule has 1 saturated carbocycles. The van der Waals surface area contributed by atoms with Crippen molar-refractivity contribution in [3.05, 3.63) is 10.1 Å². The minimum absolute atomic E-state index is 0.0672. The van der Waals surface area contributed by atoms with Gasteiger partial charge >= 0.3 is 0 Å². The van der Waals surface area contributed by atoms with Crippen molar-refractivity contribution >= 4 is 81.4 Å². The standard InChI is InChI=1S/C17H15Cl6NO4/c1-2-3-4-27-24-13(25)5-6(14(24)26)10-8-7(9(5)28-10)15(20)11(18)12(19)16(8,21)17(15,22)23/h5-10H,2-4H2,1H3/t5-,6+,7+,8?,9+,10-,15+,16-/m0/s1. The van der Waals surface area contributed by atoms with Crippen LogP contribution in [-0.4, -0.2) is 49.8 Å². The van der Waals surface area contributed by atoms with Crippen LogP contribution < -0.4 is 0 Å². The molecular formula is C17H15Cl6NO4. The van der Waals surface area contributed by atoms with Gasteiger partial charge in [-0.1, -0.05) is 59.7 Å². The summed E-state index contributed by atoms with van der Waals surface area (Å²) in [6.07, 6.45) is 0.197. The smallest absolute Gasteiger partial charge is 0.260 e. The molecule has 4 fully saturated rings. The molecule has 5 rings (SSSR count). The van der Waals surface area contributed by atoms with Gasteiger partial charge in [-0.15, -0.1) is 23.2 Å². The topological polar surface area (TPSA) is 55.8 Å². The highest BCUT2D eigenvalue weighted by atomic mass is 35.5. The Kier molecular flexibility index (Phi) is 4.43. The lowest BCUT2D eigenvalue weighted by atomic mass is 9.65. The molecule has 8 atom stereocenters. The number of unbranched alkanes of at least 4 members (excludes halogenated alkanes) is 1. The Labute approximate surface area is 191 Å². The molecule has 5 nitrogen and oxygen atoms in total. The van der Waals surface area contributed by atoms with Gasteiger partial charge in [-0.2, -0.15) is 5.06 Å². The normalized spacial score (nSPS) is 50.2. The number of hydrogen-bond donors (Lipinski definition) is 0. The van der Waals surface area contributed by atoms with E-state index >= 15 is 0 Å². The summed E-state index contributed by atoms with van der Waals surface area (Å²) in [5.41, 5.74) is 0. The van der Waals surface area contributed by atoms with E-state index in [1.807, 2.05) is 6.92 Å². The van der Waals surface area contributed by atoms with Crippen LogP contribution in [0.25, 0.3) is 0 Å². The first-order chi connectivity index (χ1) is 13.1. The molecule has 154 valence electrons. The molecular weight excluding hydrogens is 495 g/mol. The zero-order valence-corrected chi connectivity index (χ0v) is 19.0. The molecule has 5 aliphatic rings. The van der Waals surface area contributed by atoms with Gasteiger partial charge in [0.05, 0.1) is 40.7 Å². The largest absolute Gasteiger partial charge is 0.373 e. The van der Waals surface area contributed by atoms with Crippen molar-refractivity contribution in [2.24, 2.45) is 23.7 Å². The number of hydrogen-bond acceptors (Lipinski definition) is 4. The molecule has 3 saturated heterocycles. The number of ether oxygens (including phenoxy) is 1. The van der Waals surface area contributed by atoms with Gasteiger partial charge in [0.15, 0.2) is 4.33 Å². The number of hydroxylamine groups is 2. The molecule has 0 aromatic heterocycles. The fraction of sp³-hybridized carbons (Fsp3) is 0.765. The summed E-state index contributed by atoms with van der Waals surface area (Å²) >= 11 is 39.9. The van der Waals surface area contributed by atoms with Crippen molar-refractivity contribution in [2.45, 2.75) is 46.1 Å². The predicted molar refractivity (Wildman–Crippen MR) is 106 cm³/mol. The first kappa shape index (κ1) is 20.4. The van der Waals surface area contributed by atoms with Crippen molar-refractivity contribution in [1.82, 2.24) is 5.06 Å². The molecule has 0 aromatic rings. The van der Waals surface area contributed by atoms with Crippen molar-refractivity contribution in [3.8, 4) is 0 Å². The summed E-state index contributed by atoms with van der Waals surface area (Å²) in [6.45, 7) is 2.27. The lowest BCUT2D eigenvalue weighted by Gasteiger charge is -2.39. The number of halogens is 6. The number of nitrogens with zero attached hydrogens (tertiary/aromatic N) is 1. The Bertz CT molecular complexity index is 776. The number of rotatable bonds is 4. The second-order valence-corrected chi connectivity index (χ2v) is 11.2. The van der Waals surface area contributed by atoms with Crippen LogP contribution in [0.1, 0.15) is 19.8 Å². The maximum absolute atomic E-state index is 13.0.